The second-order valence-electron chi connectivity index (χ2n) is 4.80. The summed E-state index contributed by atoms with van der Waals surface area (Å²) in [6.07, 6.45) is 1.16. The van der Waals surface area contributed by atoms with Gasteiger partial charge in [0.2, 0.25) is 11.2 Å². The third-order valence-corrected chi connectivity index (χ3v) is 3.40. The molecule has 0 radical (unpaired) electrons. The molecule has 7 heteroatoms. The van der Waals surface area contributed by atoms with Crippen molar-refractivity contribution >= 4 is 23.2 Å². The highest BCUT2D eigenvalue weighted by atomic mass is 35.5. The largest absolute Gasteiger partial charge is 0.326 e. The molecule has 1 aliphatic rings. The van der Waals surface area contributed by atoms with Crippen LogP contribution in [-0.4, -0.2) is 21.8 Å². The van der Waals surface area contributed by atoms with Crippen LogP contribution in [0, 0.1) is 5.92 Å². The van der Waals surface area contributed by atoms with Gasteiger partial charge in [-0.3, -0.25) is 4.79 Å². The fourth-order valence-corrected chi connectivity index (χ4v) is 2.09. The number of amides is 1. The van der Waals surface area contributed by atoms with Gasteiger partial charge < -0.3 is 5.32 Å². The minimum atomic E-state index is -2.86. The molecular formula is C14H10ClF2N3O. The summed E-state index contributed by atoms with van der Waals surface area (Å²) in [7, 11) is 0. The predicted octanol–water partition coefficient (Wildman–Crippen LogP) is 3.39. The van der Waals surface area contributed by atoms with E-state index in [-0.39, 0.29) is 11.7 Å². The number of carbonyl (C=O) groups excluding carboxylic acids is 1. The zero-order valence-electron chi connectivity index (χ0n) is 10.7. The number of hydrogen-bond acceptors (Lipinski definition) is 3. The predicted molar refractivity (Wildman–Crippen MR) is 74.2 cm³/mol. The molecule has 1 aliphatic carbocycles. The van der Waals surface area contributed by atoms with Crippen molar-refractivity contribution in [2.75, 3.05) is 5.32 Å². The number of carbonyl (C=O) groups is 1. The molecule has 0 saturated heterocycles. The Labute approximate surface area is 124 Å². The number of nitrogens with zero attached hydrogens (tertiary/aromatic N) is 2. The number of aromatic nitrogens is 2. The molecule has 1 atom stereocenters. The molecule has 1 amide bonds. The first-order valence-corrected chi connectivity index (χ1v) is 6.61. The summed E-state index contributed by atoms with van der Waals surface area (Å²) < 4.78 is 25.6. The van der Waals surface area contributed by atoms with Crippen LogP contribution in [0.25, 0.3) is 11.3 Å². The van der Waals surface area contributed by atoms with E-state index in [0.717, 1.165) is 5.56 Å². The molecule has 1 aromatic heterocycles. The first-order chi connectivity index (χ1) is 9.95. The Hall–Kier alpha value is -2.08. The van der Waals surface area contributed by atoms with E-state index in [4.69, 9.17) is 11.6 Å². The molecule has 2 aromatic rings. The summed E-state index contributed by atoms with van der Waals surface area (Å²) in [5, 5.41) is 2.61. The Morgan fingerprint density at radius 2 is 1.95 bits per heavy atom. The number of hydrogen-bond donors (Lipinski definition) is 1. The second kappa shape index (κ2) is 5.04. The van der Waals surface area contributed by atoms with Crippen LogP contribution in [0.1, 0.15) is 6.42 Å². The smallest absolute Gasteiger partial charge is 0.260 e. The molecule has 0 spiro atoms. The maximum Gasteiger partial charge on any atom is 0.260 e. The molecule has 1 aromatic carbocycles. The minimum Gasteiger partial charge on any atom is -0.326 e. The molecule has 1 saturated carbocycles. The van der Waals surface area contributed by atoms with Gasteiger partial charge in [-0.2, -0.15) is 0 Å². The molecule has 1 N–H and O–H groups in total. The average Bonchev–Trinajstić information content (AvgIpc) is 3.09. The van der Waals surface area contributed by atoms with Crippen molar-refractivity contribution in [3.8, 4) is 11.3 Å². The van der Waals surface area contributed by atoms with E-state index in [1.54, 1.807) is 30.3 Å². The lowest BCUT2D eigenvalue weighted by molar-refractivity contribution is -0.119. The number of rotatable bonds is 3. The zero-order valence-corrected chi connectivity index (χ0v) is 11.4. The Balaban J connectivity index is 1.71. The normalized spacial score (nSPS) is 19.1. The fourth-order valence-electron chi connectivity index (χ4n) is 1.95. The molecule has 4 nitrogen and oxygen atoms in total. The van der Waals surface area contributed by atoms with Crippen molar-refractivity contribution in [1.82, 2.24) is 9.97 Å². The molecule has 108 valence electrons. The van der Waals surface area contributed by atoms with Crippen molar-refractivity contribution in [3.05, 3.63) is 41.8 Å². The van der Waals surface area contributed by atoms with Crippen LogP contribution in [0.5, 0.6) is 0 Å². The van der Waals surface area contributed by atoms with Crippen LogP contribution in [-0.2, 0) is 4.79 Å². The maximum atomic E-state index is 12.8. The third-order valence-electron chi connectivity index (χ3n) is 3.22. The Morgan fingerprint density at radius 3 is 2.52 bits per heavy atom. The maximum absolute atomic E-state index is 12.8. The summed E-state index contributed by atoms with van der Waals surface area (Å²) in [5.41, 5.74) is 1.89. The van der Waals surface area contributed by atoms with E-state index in [0.29, 0.717) is 11.4 Å². The van der Waals surface area contributed by atoms with Crippen LogP contribution in [0.15, 0.2) is 36.5 Å². The van der Waals surface area contributed by atoms with Gasteiger partial charge in [0.25, 0.3) is 5.92 Å². The molecule has 1 unspecified atom stereocenters. The quantitative estimate of drug-likeness (QED) is 0.884. The van der Waals surface area contributed by atoms with E-state index < -0.39 is 17.7 Å². The highest BCUT2D eigenvalue weighted by Gasteiger charge is 2.61. The van der Waals surface area contributed by atoms with Crippen molar-refractivity contribution in [1.29, 1.82) is 0 Å². The second-order valence-corrected chi connectivity index (χ2v) is 5.13. The van der Waals surface area contributed by atoms with E-state index in [9.17, 15) is 13.6 Å². The summed E-state index contributed by atoms with van der Waals surface area (Å²) >= 11 is 5.71. The van der Waals surface area contributed by atoms with E-state index in [2.05, 4.69) is 15.3 Å². The van der Waals surface area contributed by atoms with Crippen molar-refractivity contribution < 1.29 is 13.6 Å². The zero-order chi connectivity index (χ0) is 15.0. The topological polar surface area (TPSA) is 54.9 Å². The Morgan fingerprint density at radius 1 is 1.29 bits per heavy atom. The lowest BCUT2D eigenvalue weighted by atomic mass is 10.1. The summed E-state index contributed by atoms with van der Waals surface area (Å²) in [5.74, 6) is -4.72. The Kier molecular flexibility index (Phi) is 3.33. The van der Waals surface area contributed by atoms with Crippen molar-refractivity contribution in [2.45, 2.75) is 12.3 Å². The summed E-state index contributed by atoms with van der Waals surface area (Å²) in [4.78, 5) is 19.4. The van der Waals surface area contributed by atoms with Crippen LogP contribution < -0.4 is 5.32 Å². The lowest BCUT2D eigenvalue weighted by Crippen LogP contribution is -2.17. The monoisotopic (exact) mass is 309 g/mol. The SMILES string of the molecule is O=C(Nc1ccc(-c2ccnc(Cl)n2)cc1)C1CC1(F)F. The van der Waals surface area contributed by atoms with E-state index in [1.165, 1.54) is 6.20 Å². The number of anilines is 1. The van der Waals surface area contributed by atoms with E-state index in [1.807, 2.05) is 0 Å². The molecule has 0 aliphatic heterocycles. The first-order valence-electron chi connectivity index (χ1n) is 6.23. The standard InChI is InChI=1S/C14H10ClF2N3O/c15-13-18-6-5-11(20-13)8-1-3-9(4-2-8)19-12(21)10-7-14(10,16)17/h1-6,10H,7H2,(H,19,21). The van der Waals surface area contributed by atoms with Crippen LogP contribution in [0.3, 0.4) is 0 Å². The van der Waals surface area contributed by atoms with Crippen molar-refractivity contribution in [2.24, 2.45) is 5.92 Å². The minimum absolute atomic E-state index is 0.140. The van der Waals surface area contributed by atoms with Gasteiger partial charge >= 0.3 is 0 Å². The number of benzene rings is 1. The van der Waals surface area contributed by atoms with Gasteiger partial charge in [-0.25, -0.2) is 18.7 Å². The lowest BCUT2D eigenvalue weighted by Gasteiger charge is -2.06. The molecule has 3 rings (SSSR count). The highest BCUT2D eigenvalue weighted by molar-refractivity contribution is 6.28. The number of nitrogens with one attached hydrogen (secondary N) is 1. The van der Waals surface area contributed by atoms with Gasteiger partial charge in [0.1, 0.15) is 5.92 Å². The van der Waals surface area contributed by atoms with Gasteiger partial charge in [0, 0.05) is 23.9 Å². The summed E-state index contributed by atoms with van der Waals surface area (Å²) in [6.45, 7) is 0. The van der Waals surface area contributed by atoms with Gasteiger partial charge in [0.15, 0.2) is 0 Å². The summed E-state index contributed by atoms with van der Waals surface area (Å²) in [6, 6.07) is 8.40. The average molecular weight is 310 g/mol. The molecule has 1 fully saturated rings. The van der Waals surface area contributed by atoms with Gasteiger partial charge in [-0.1, -0.05) is 12.1 Å². The molecule has 0 bridgehead atoms. The number of halogens is 3. The van der Waals surface area contributed by atoms with Gasteiger partial charge in [0.05, 0.1) is 5.69 Å². The molecular weight excluding hydrogens is 300 g/mol. The molecule has 21 heavy (non-hydrogen) atoms. The fraction of sp³-hybridized carbons (Fsp3) is 0.214. The van der Waals surface area contributed by atoms with Crippen molar-refractivity contribution in [3.63, 3.8) is 0 Å². The van der Waals surface area contributed by atoms with Crippen LogP contribution >= 0.6 is 11.6 Å². The Bertz CT molecular complexity index is 691. The van der Waals surface area contributed by atoms with Gasteiger partial charge in [-0.15, -0.1) is 0 Å². The first kappa shape index (κ1) is 13.9. The van der Waals surface area contributed by atoms with E-state index >= 15 is 0 Å². The third kappa shape index (κ3) is 3.00. The van der Waals surface area contributed by atoms with Crippen LogP contribution in [0.4, 0.5) is 14.5 Å². The van der Waals surface area contributed by atoms with Gasteiger partial charge in [-0.05, 0) is 29.8 Å². The highest BCUT2D eigenvalue weighted by Crippen LogP contribution is 2.49. The van der Waals surface area contributed by atoms with Crippen LogP contribution in [0.2, 0.25) is 5.28 Å². The number of alkyl halides is 2. The molecule has 1 heterocycles.